The van der Waals surface area contributed by atoms with Crippen molar-refractivity contribution in [1.82, 2.24) is 0 Å². The molecule has 3 aliphatic rings. The van der Waals surface area contributed by atoms with E-state index in [1.165, 1.54) is 110 Å². The van der Waals surface area contributed by atoms with Gasteiger partial charge in [-0.1, -0.05) is 81.4 Å². The number of halogens is 2. The molecule has 0 radical (unpaired) electrons. The first-order chi connectivity index (χ1) is 20.7. The van der Waals surface area contributed by atoms with E-state index >= 15 is 0 Å². The topological polar surface area (TPSA) is 0 Å². The zero-order valence-corrected chi connectivity index (χ0v) is 30.7. The number of benzene rings is 4. The van der Waals surface area contributed by atoms with Crippen LogP contribution in [0.25, 0.3) is 33.4 Å². The van der Waals surface area contributed by atoms with E-state index in [1.54, 1.807) is 3.81 Å². The van der Waals surface area contributed by atoms with E-state index < -0.39 is 0 Å². The maximum absolute atomic E-state index is 3.62. The molecule has 0 unspecified atom stereocenters. The predicted octanol–water partition coefficient (Wildman–Crippen LogP) is 5.23. The van der Waals surface area contributed by atoms with Crippen molar-refractivity contribution in [2.24, 2.45) is 0 Å². The number of rotatable bonds is 2. The number of hydrogen-bond donors (Lipinski definition) is 0. The zero-order chi connectivity index (χ0) is 30.5. The van der Waals surface area contributed by atoms with Crippen LogP contribution in [0.1, 0.15) is 83.0 Å². The van der Waals surface area contributed by atoms with Gasteiger partial charge in [0.15, 0.2) is 0 Å². The van der Waals surface area contributed by atoms with Gasteiger partial charge < -0.3 is 24.8 Å². The molecule has 0 N–H and O–H groups in total. The van der Waals surface area contributed by atoms with Crippen LogP contribution in [-0.2, 0) is 26.4 Å². The Morgan fingerprint density at radius 2 is 1.20 bits per heavy atom. The van der Waals surface area contributed by atoms with Crippen LogP contribution < -0.4 is 24.8 Å². The summed E-state index contributed by atoms with van der Waals surface area (Å²) in [6, 6.07) is 24.4. The SMILES string of the molecule is Cc1cc(C)c(-c2c[c-]c3c(c2)-c2cc(-c4c(C)cc(C)cc4C)ccc2C3)c(C)c1.[C-]1=CC=CC1.[Cl-].[Cl-].[Ti+2]=[C]1CCCCC1. The molecule has 0 saturated heterocycles. The molecule has 0 heterocycles. The average molecular weight is 668 g/mol. The van der Waals surface area contributed by atoms with Gasteiger partial charge in [-0.15, -0.1) is 17.5 Å². The third kappa shape index (κ3) is 9.08. The molecule has 45 heavy (non-hydrogen) atoms. The van der Waals surface area contributed by atoms with Crippen LogP contribution in [0.15, 0.2) is 72.8 Å². The van der Waals surface area contributed by atoms with Gasteiger partial charge in [0.1, 0.15) is 0 Å². The average Bonchev–Trinajstić information content (AvgIpc) is 3.65. The molecule has 7 rings (SSSR count). The third-order valence-corrected chi connectivity index (χ3v) is 9.55. The van der Waals surface area contributed by atoms with E-state index in [-0.39, 0.29) is 24.8 Å². The number of aryl methyl sites for hydroxylation is 6. The van der Waals surface area contributed by atoms with E-state index in [0.29, 0.717) is 0 Å². The van der Waals surface area contributed by atoms with Gasteiger partial charge in [-0.3, -0.25) is 6.08 Å². The monoisotopic (exact) mass is 666 g/mol. The van der Waals surface area contributed by atoms with Gasteiger partial charge in [-0.2, -0.15) is 29.8 Å². The quantitative estimate of drug-likeness (QED) is 0.179. The van der Waals surface area contributed by atoms with Crippen molar-refractivity contribution in [3.8, 4) is 33.4 Å². The molecule has 0 atom stereocenters. The van der Waals surface area contributed by atoms with Crippen molar-refractivity contribution in [1.29, 1.82) is 0 Å². The fourth-order valence-corrected chi connectivity index (χ4v) is 7.53. The summed E-state index contributed by atoms with van der Waals surface area (Å²) in [5.41, 5.74) is 18.8. The molecule has 3 heteroatoms. The molecule has 232 valence electrons. The molecular formula is C42H44Cl2Ti-2. The van der Waals surface area contributed by atoms with Crippen molar-refractivity contribution in [2.75, 3.05) is 0 Å². The van der Waals surface area contributed by atoms with Crippen LogP contribution >= 0.6 is 0 Å². The normalized spacial score (nSPS) is 13.8. The van der Waals surface area contributed by atoms with Crippen molar-refractivity contribution in [2.45, 2.75) is 86.5 Å². The van der Waals surface area contributed by atoms with Crippen molar-refractivity contribution in [3.63, 3.8) is 0 Å². The Balaban J connectivity index is 0.000000330. The van der Waals surface area contributed by atoms with E-state index in [1.807, 2.05) is 12.2 Å². The molecule has 0 amide bonds. The molecular weight excluding hydrogens is 623 g/mol. The molecule has 0 bridgehead atoms. The Labute approximate surface area is 296 Å². The second kappa shape index (κ2) is 16.9. The number of allylic oxidation sites excluding steroid dienone is 4. The Kier molecular flexibility index (Phi) is 13.9. The number of hydrogen-bond acceptors (Lipinski definition) is 0. The fraction of sp³-hybridized carbons (Fsp3) is 0.310. The molecule has 4 aromatic carbocycles. The van der Waals surface area contributed by atoms with Crippen LogP contribution in [0.4, 0.5) is 0 Å². The van der Waals surface area contributed by atoms with Crippen LogP contribution in [0.3, 0.4) is 0 Å². The second-order valence-electron chi connectivity index (χ2n) is 12.5. The molecule has 0 spiro atoms. The standard InChI is InChI=1S/C31H29.C6H10.C5H5.2ClH.Ti/c1-18-11-20(3)30(21(4)12-18)26-9-7-24-15-25-8-10-27(17-29(25)28(24)16-26)31-22(5)13-19(2)14-23(31)6;1-2-4-6-5-3-1;1-2-4-5-3-1;;;/h7,9-14,16-17H,15H2,1-6H3;1-5H2;1-3H,4H2;2*1H;/q-1;;-1;;;+2/p-2. The van der Waals surface area contributed by atoms with Gasteiger partial charge in [-0.05, 0) is 70.2 Å². The third-order valence-electron chi connectivity index (χ3n) is 8.77. The first-order valence-corrected chi connectivity index (χ1v) is 16.6. The van der Waals surface area contributed by atoms with Crippen LogP contribution in [-0.4, -0.2) is 3.81 Å². The Hall–Kier alpha value is -2.48. The van der Waals surface area contributed by atoms with Crippen LogP contribution in [0, 0.1) is 53.7 Å². The first-order valence-electron chi connectivity index (χ1n) is 15.8. The van der Waals surface area contributed by atoms with Gasteiger partial charge in [0, 0.05) is 0 Å². The van der Waals surface area contributed by atoms with Gasteiger partial charge >= 0.3 is 55.9 Å². The summed E-state index contributed by atoms with van der Waals surface area (Å²) >= 11 is 2.28. The number of fused-ring (bicyclic) bond motifs is 3. The Bertz CT molecular complexity index is 1550. The molecule has 3 aliphatic carbocycles. The van der Waals surface area contributed by atoms with Gasteiger partial charge in [0.05, 0.1) is 0 Å². The summed E-state index contributed by atoms with van der Waals surface area (Å²) in [4.78, 5) is 0. The van der Waals surface area contributed by atoms with Crippen molar-refractivity contribution in [3.05, 3.63) is 129 Å². The summed E-state index contributed by atoms with van der Waals surface area (Å²) in [6.07, 6.45) is 18.2. The van der Waals surface area contributed by atoms with Gasteiger partial charge in [-0.25, -0.2) is 12.2 Å². The molecule has 0 nitrogen and oxygen atoms in total. The van der Waals surface area contributed by atoms with E-state index in [4.69, 9.17) is 0 Å². The minimum atomic E-state index is 0. The molecule has 4 aromatic rings. The van der Waals surface area contributed by atoms with E-state index in [0.717, 1.165) is 12.8 Å². The second-order valence-corrected chi connectivity index (χ2v) is 13.6. The molecule has 1 fully saturated rings. The Morgan fingerprint density at radius 3 is 1.67 bits per heavy atom. The zero-order valence-electron chi connectivity index (χ0n) is 27.6. The summed E-state index contributed by atoms with van der Waals surface area (Å²) < 4.78 is 1.71. The van der Waals surface area contributed by atoms with Crippen LogP contribution in [0.2, 0.25) is 0 Å². The summed E-state index contributed by atoms with van der Waals surface area (Å²) in [5, 5.41) is 0. The van der Waals surface area contributed by atoms with Crippen molar-refractivity contribution >= 4 is 3.81 Å². The Morgan fingerprint density at radius 1 is 0.644 bits per heavy atom. The van der Waals surface area contributed by atoms with E-state index in [9.17, 15) is 0 Å². The van der Waals surface area contributed by atoms with E-state index in [2.05, 4.69) is 134 Å². The molecule has 0 aromatic heterocycles. The molecule has 1 saturated carbocycles. The van der Waals surface area contributed by atoms with Gasteiger partial charge in [0.25, 0.3) is 0 Å². The van der Waals surface area contributed by atoms with Crippen molar-refractivity contribution < 1.29 is 44.8 Å². The summed E-state index contributed by atoms with van der Waals surface area (Å²) in [6.45, 7) is 13.2. The minimum absolute atomic E-state index is 0. The molecule has 0 aliphatic heterocycles. The predicted molar refractivity (Wildman–Crippen MR) is 182 cm³/mol. The first kappa shape index (κ1) is 37.0. The fourth-order valence-electron chi connectivity index (χ4n) is 6.97. The van der Waals surface area contributed by atoms with Crippen LogP contribution in [0.5, 0.6) is 0 Å². The maximum atomic E-state index is 3.62. The summed E-state index contributed by atoms with van der Waals surface area (Å²) in [7, 11) is 0. The summed E-state index contributed by atoms with van der Waals surface area (Å²) in [5.74, 6) is 0. The van der Waals surface area contributed by atoms with Gasteiger partial charge in [0.2, 0.25) is 0 Å².